The van der Waals surface area contributed by atoms with Crippen molar-refractivity contribution in [2.24, 2.45) is 5.92 Å². The van der Waals surface area contributed by atoms with Crippen molar-refractivity contribution in [3.8, 4) is 0 Å². The van der Waals surface area contributed by atoms with Gasteiger partial charge in [-0.2, -0.15) is 0 Å². The smallest absolute Gasteiger partial charge is 0.262 e. The first kappa shape index (κ1) is 14.2. The molecule has 1 saturated carbocycles. The van der Waals surface area contributed by atoms with Crippen molar-refractivity contribution in [2.45, 2.75) is 38.0 Å². The summed E-state index contributed by atoms with van der Waals surface area (Å²) in [5.74, 6) is 0.316. The fraction of sp³-hybridized carbons (Fsp3) is 0.615. The molecule has 0 aromatic carbocycles. The van der Waals surface area contributed by atoms with Crippen LogP contribution in [0.3, 0.4) is 0 Å². The van der Waals surface area contributed by atoms with Crippen LogP contribution in [0.4, 0.5) is 0 Å². The first-order valence-corrected chi connectivity index (χ1v) is 7.95. The second-order valence-electron chi connectivity index (χ2n) is 4.83. The van der Waals surface area contributed by atoms with Crippen LogP contribution in [0.5, 0.6) is 0 Å². The van der Waals surface area contributed by atoms with Gasteiger partial charge in [0.2, 0.25) is 0 Å². The van der Waals surface area contributed by atoms with Gasteiger partial charge in [-0.1, -0.05) is 24.4 Å². The second-order valence-corrected chi connectivity index (χ2v) is 6.65. The molecule has 1 aliphatic rings. The van der Waals surface area contributed by atoms with Gasteiger partial charge in [0.1, 0.15) is 4.88 Å². The number of alkyl halides is 1. The largest absolute Gasteiger partial charge is 0.351 e. The maximum atomic E-state index is 12.0. The van der Waals surface area contributed by atoms with Crippen molar-refractivity contribution in [2.75, 3.05) is 6.54 Å². The van der Waals surface area contributed by atoms with E-state index in [2.05, 4.69) is 5.32 Å². The number of carbonyl (C=O) groups excluding carboxylic acids is 1. The number of rotatable bonds is 3. The van der Waals surface area contributed by atoms with Crippen molar-refractivity contribution in [1.29, 1.82) is 0 Å². The fourth-order valence-electron chi connectivity index (χ4n) is 2.28. The molecule has 100 valence electrons. The molecular weight excluding hydrogens is 289 g/mol. The van der Waals surface area contributed by atoms with Gasteiger partial charge in [-0.15, -0.1) is 22.9 Å². The molecule has 0 saturated heterocycles. The summed E-state index contributed by atoms with van der Waals surface area (Å²) in [5, 5.41) is 5.63. The van der Waals surface area contributed by atoms with Crippen molar-refractivity contribution in [1.82, 2.24) is 5.32 Å². The Morgan fingerprint density at radius 3 is 2.83 bits per heavy atom. The minimum atomic E-state index is -0.0764. The molecular formula is C13H17Cl2NOS. The number of carbonyl (C=O) groups is 1. The highest BCUT2D eigenvalue weighted by Gasteiger charge is 2.24. The molecule has 2 rings (SSSR count). The van der Waals surface area contributed by atoms with Gasteiger partial charge in [-0.05, 0) is 36.6 Å². The van der Waals surface area contributed by atoms with Crippen LogP contribution in [-0.4, -0.2) is 17.8 Å². The minimum absolute atomic E-state index is 0.0764. The van der Waals surface area contributed by atoms with E-state index in [1.165, 1.54) is 24.2 Å². The highest BCUT2D eigenvalue weighted by Crippen LogP contribution is 2.29. The average molecular weight is 306 g/mol. The standard InChI is InChI=1S/C13H17Cl2NOS/c1-8-7-18-12(11(8)15)13(17)16-6-9-4-2-3-5-10(9)14/h7,9-10H,2-6H2,1H3,(H,16,17). The van der Waals surface area contributed by atoms with Crippen molar-refractivity contribution in [3.05, 3.63) is 20.8 Å². The number of hydrogen-bond acceptors (Lipinski definition) is 2. The molecule has 1 amide bonds. The van der Waals surface area contributed by atoms with E-state index in [1.54, 1.807) is 0 Å². The number of halogens is 2. The number of hydrogen-bond donors (Lipinski definition) is 1. The Balaban J connectivity index is 1.90. The number of amides is 1. The normalized spacial score (nSPS) is 23.9. The minimum Gasteiger partial charge on any atom is -0.351 e. The summed E-state index contributed by atoms with van der Waals surface area (Å²) in [6.07, 6.45) is 4.57. The van der Waals surface area contributed by atoms with Crippen LogP contribution in [0, 0.1) is 12.8 Å². The molecule has 0 spiro atoms. The van der Waals surface area contributed by atoms with Crippen LogP contribution in [0.15, 0.2) is 5.38 Å². The van der Waals surface area contributed by atoms with Gasteiger partial charge < -0.3 is 5.32 Å². The van der Waals surface area contributed by atoms with Gasteiger partial charge in [0, 0.05) is 11.9 Å². The first-order valence-electron chi connectivity index (χ1n) is 6.25. The maximum Gasteiger partial charge on any atom is 0.262 e. The second kappa shape index (κ2) is 6.27. The summed E-state index contributed by atoms with van der Waals surface area (Å²) in [7, 11) is 0. The van der Waals surface area contributed by atoms with Gasteiger partial charge in [-0.25, -0.2) is 0 Å². The third-order valence-corrected chi connectivity index (χ3v) is 5.72. The molecule has 0 aliphatic heterocycles. The Bertz CT molecular complexity index is 433. The van der Waals surface area contributed by atoms with Gasteiger partial charge >= 0.3 is 0 Å². The number of thiophene rings is 1. The van der Waals surface area contributed by atoms with E-state index in [0.717, 1.165) is 18.4 Å². The van der Waals surface area contributed by atoms with Crippen molar-refractivity contribution < 1.29 is 4.79 Å². The summed E-state index contributed by atoms with van der Waals surface area (Å²) in [5.41, 5.74) is 0.958. The molecule has 1 aliphatic carbocycles. The van der Waals surface area contributed by atoms with Crippen LogP contribution in [0.2, 0.25) is 5.02 Å². The van der Waals surface area contributed by atoms with Gasteiger partial charge in [0.05, 0.1) is 5.02 Å². The summed E-state index contributed by atoms with van der Waals surface area (Å²) in [4.78, 5) is 12.6. The molecule has 2 atom stereocenters. The molecule has 2 nitrogen and oxygen atoms in total. The summed E-state index contributed by atoms with van der Waals surface area (Å²) in [6, 6.07) is 0. The van der Waals surface area contributed by atoms with Crippen LogP contribution in [-0.2, 0) is 0 Å². The molecule has 1 fully saturated rings. The summed E-state index contributed by atoms with van der Waals surface area (Å²) in [6.45, 7) is 2.56. The van der Waals surface area contributed by atoms with Crippen LogP contribution < -0.4 is 5.32 Å². The Labute approximate surface area is 122 Å². The van der Waals surface area contributed by atoms with E-state index in [9.17, 15) is 4.79 Å². The monoisotopic (exact) mass is 305 g/mol. The summed E-state index contributed by atoms with van der Waals surface area (Å²) < 4.78 is 0. The lowest BCUT2D eigenvalue weighted by atomic mass is 9.89. The van der Waals surface area contributed by atoms with E-state index in [0.29, 0.717) is 22.4 Å². The Kier molecular flexibility index (Phi) is 4.93. The molecule has 0 bridgehead atoms. The van der Waals surface area contributed by atoms with Crippen molar-refractivity contribution in [3.63, 3.8) is 0 Å². The fourth-order valence-corrected chi connectivity index (χ4v) is 3.84. The topological polar surface area (TPSA) is 29.1 Å². The van der Waals surface area contributed by atoms with Crippen LogP contribution in [0.1, 0.15) is 40.9 Å². The predicted molar refractivity (Wildman–Crippen MR) is 78.0 cm³/mol. The Hall–Kier alpha value is -0.250. The molecule has 1 N–H and O–H groups in total. The van der Waals surface area contributed by atoms with Crippen LogP contribution >= 0.6 is 34.5 Å². The average Bonchev–Trinajstić information content (AvgIpc) is 2.69. The molecule has 18 heavy (non-hydrogen) atoms. The van der Waals surface area contributed by atoms with E-state index < -0.39 is 0 Å². The highest BCUT2D eigenvalue weighted by atomic mass is 35.5. The Morgan fingerprint density at radius 1 is 1.50 bits per heavy atom. The lowest BCUT2D eigenvalue weighted by Gasteiger charge is -2.26. The highest BCUT2D eigenvalue weighted by molar-refractivity contribution is 7.13. The van der Waals surface area contributed by atoms with E-state index in [1.807, 2.05) is 12.3 Å². The van der Waals surface area contributed by atoms with Crippen LogP contribution in [0.25, 0.3) is 0 Å². The van der Waals surface area contributed by atoms with E-state index >= 15 is 0 Å². The molecule has 2 unspecified atom stereocenters. The number of aryl methyl sites for hydroxylation is 1. The molecule has 5 heteroatoms. The zero-order valence-corrected chi connectivity index (χ0v) is 12.7. The summed E-state index contributed by atoms with van der Waals surface area (Å²) >= 11 is 13.7. The van der Waals surface area contributed by atoms with Crippen molar-refractivity contribution >= 4 is 40.4 Å². The first-order chi connectivity index (χ1) is 8.59. The van der Waals surface area contributed by atoms with E-state index in [-0.39, 0.29) is 11.3 Å². The molecule has 1 aromatic rings. The predicted octanol–water partition coefficient (Wildman–Crippen LogP) is 4.24. The zero-order chi connectivity index (χ0) is 13.1. The van der Waals surface area contributed by atoms with Gasteiger partial charge in [0.25, 0.3) is 5.91 Å². The van der Waals surface area contributed by atoms with Gasteiger partial charge in [-0.3, -0.25) is 4.79 Å². The third kappa shape index (κ3) is 3.19. The lowest BCUT2D eigenvalue weighted by molar-refractivity contribution is 0.0948. The van der Waals surface area contributed by atoms with Gasteiger partial charge in [0.15, 0.2) is 0 Å². The Morgan fingerprint density at radius 2 is 2.22 bits per heavy atom. The van der Waals surface area contributed by atoms with E-state index in [4.69, 9.17) is 23.2 Å². The zero-order valence-electron chi connectivity index (χ0n) is 10.3. The lowest BCUT2D eigenvalue weighted by Crippen LogP contribution is -2.34. The quantitative estimate of drug-likeness (QED) is 0.832. The molecule has 0 radical (unpaired) electrons. The number of nitrogens with one attached hydrogen (secondary N) is 1. The SMILES string of the molecule is Cc1csc(C(=O)NCC2CCCCC2Cl)c1Cl. The third-order valence-electron chi connectivity index (χ3n) is 3.45. The molecule has 1 heterocycles. The maximum absolute atomic E-state index is 12.0. The molecule has 1 aromatic heterocycles.